The van der Waals surface area contributed by atoms with Crippen molar-refractivity contribution in [2.45, 2.75) is 31.3 Å². The standard InChI is InChI=1S/C14H19N5O/c15-10-3-4-11(8-10)18-13-6-5-12(9-16-13)19-14(20)2-1-7-17-19/h1-2,5-7,10-11,16,18H,3-4,8-9,15H2/t10-,11-/m0/s1. The van der Waals surface area contributed by atoms with Gasteiger partial charge >= 0.3 is 0 Å². The number of nitrogens with zero attached hydrogens (tertiary/aromatic N) is 2. The smallest absolute Gasteiger partial charge is 0.271 e. The molecule has 0 unspecified atom stereocenters. The average molecular weight is 273 g/mol. The van der Waals surface area contributed by atoms with E-state index >= 15 is 0 Å². The van der Waals surface area contributed by atoms with Gasteiger partial charge in [0.05, 0.1) is 18.1 Å². The van der Waals surface area contributed by atoms with Gasteiger partial charge in [-0.25, -0.2) is 0 Å². The first-order chi connectivity index (χ1) is 9.72. The Hall–Kier alpha value is -2.08. The van der Waals surface area contributed by atoms with E-state index in [1.54, 1.807) is 12.3 Å². The first-order valence-electron chi connectivity index (χ1n) is 6.94. The largest absolute Gasteiger partial charge is 0.369 e. The molecule has 3 rings (SSSR count). The van der Waals surface area contributed by atoms with E-state index in [0.717, 1.165) is 30.8 Å². The zero-order valence-electron chi connectivity index (χ0n) is 11.2. The second-order valence-corrected chi connectivity index (χ2v) is 5.28. The SMILES string of the molecule is N[C@H]1CC[C@H](NC2=CC=C(n3ncccc3=O)CN2)C1. The van der Waals surface area contributed by atoms with E-state index in [1.807, 2.05) is 12.2 Å². The second kappa shape index (κ2) is 5.50. The minimum atomic E-state index is -0.118. The van der Waals surface area contributed by atoms with Crippen molar-refractivity contribution in [1.29, 1.82) is 0 Å². The summed E-state index contributed by atoms with van der Waals surface area (Å²) in [5, 5.41) is 10.8. The van der Waals surface area contributed by atoms with Crippen LogP contribution >= 0.6 is 0 Å². The molecule has 2 heterocycles. The monoisotopic (exact) mass is 273 g/mol. The van der Waals surface area contributed by atoms with Crippen LogP contribution in [-0.2, 0) is 0 Å². The van der Waals surface area contributed by atoms with Crippen molar-refractivity contribution in [3.63, 3.8) is 0 Å². The summed E-state index contributed by atoms with van der Waals surface area (Å²) in [6.07, 6.45) is 8.67. The number of hydrogen-bond donors (Lipinski definition) is 3. The van der Waals surface area contributed by atoms with Crippen molar-refractivity contribution in [2.24, 2.45) is 5.73 Å². The van der Waals surface area contributed by atoms with E-state index in [1.165, 1.54) is 10.7 Å². The second-order valence-electron chi connectivity index (χ2n) is 5.28. The third-order valence-corrected chi connectivity index (χ3v) is 3.72. The number of allylic oxidation sites excluding steroid dienone is 2. The summed E-state index contributed by atoms with van der Waals surface area (Å²) in [6, 6.07) is 3.90. The molecule has 0 radical (unpaired) electrons. The van der Waals surface area contributed by atoms with Gasteiger partial charge < -0.3 is 16.4 Å². The molecule has 106 valence electrons. The highest BCUT2D eigenvalue weighted by Crippen LogP contribution is 2.18. The highest BCUT2D eigenvalue weighted by molar-refractivity contribution is 5.51. The molecule has 1 saturated carbocycles. The maximum Gasteiger partial charge on any atom is 0.271 e. The van der Waals surface area contributed by atoms with Gasteiger partial charge in [0, 0.05) is 24.3 Å². The zero-order valence-corrected chi connectivity index (χ0v) is 11.2. The molecule has 0 aromatic carbocycles. The molecule has 1 aliphatic heterocycles. The third kappa shape index (κ3) is 2.75. The van der Waals surface area contributed by atoms with Crippen LogP contribution in [0.4, 0.5) is 0 Å². The molecular weight excluding hydrogens is 254 g/mol. The lowest BCUT2D eigenvalue weighted by Gasteiger charge is -2.22. The topological polar surface area (TPSA) is 85.0 Å². The summed E-state index contributed by atoms with van der Waals surface area (Å²) in [6.45, 7) is 0.578. The summed E-state index contributed by atoms with van der Waals surface area (Å²) in [4.78, 5) is 11.7. The lowest BCUT2D eigenvalue weighted by molar-refractivity contribution is 0.544. The number of rotatable bonds is 3. The lowest BCUT2D eigenvalue weighted by Crippen LogP contribution is -2.37. The van der Waals surface area contributed by atoms with Crippen LogP contribution in [0.15, 0.2) is 41.1 Å². The van der Waals surface area contributed by atoms with Crippen molar-refractivity contribution in [1.82, 2.24) is 20.4 Å². The van der Waals surface area contributed by atoms with E-state index in [0.29, 0.717) is 18.6 Å². The average Bonchev–Trinajstić information content (AvgIpc) is 2.86. The molecule has 2 atom stereocenters. The first-order valence-corrected chi connectivity index (χ1v) is 6.94. The van der Waals surface area contributed by atoms with Gasteiger partial charge in [-0.15, -0.1) is 0 Å². The molecule has 1 aromatic rings. The highest BCUT2D eigenvalue weighted by atomic mass is 16.1. The Kier molecular flexibility index (Phi) is 3.56. The van der Waals surface area contributed by atoms with Crippen molar-refractivity contribution >= 4 is 5.70 Å². The molecule has 6 heteroatoms. The molecule has 1 fully saturated rings. The van der Waals surface area contributed by atoms with Crippen LogP contribution in [0, 0.1) is 0 Å². The lowest BCUT2D eigenvalue weighted by atomic mass is 10.2. The number of hydrogen-bond acceptors (Lipinski definition) is 5. The van der Waals surface area contributed by atoms with Gasteiger partial charge in [-0.05, 0) is 37.5 Å². The molecule has 6 nitrogen and oxygen atoms in total. The minimum absolute atomic E-state index is 0.118. The number of aromatic nitrogens is 2. The van der Waals surface area contributed by atoms with Crippen LogP contribution in [-0.4, -0.2) is 28.4 Å². The predicted octanol–water partition coefficient (Wildman–Crippen LogP) is -0.00180. The quantitative estimate of drug-likeness (QED) is 0.722. The number of nitrogens with two attached hydrogens (primary N) is 1. The van der Waals surface area contributed by atoms with Crippen molar-refractivity contribution < 1.29 is 0 Å². The van der Waals surface area contributed by atoms with E-state index in [4.69, 9.17) is 5.73 Å². The maximum atomic E-state index is 11.7. The van der Waals surface area contributed by atoms with Gasteiger partial charge in [0.1, 0.15) is 0 Å². The summed E-state index contributed by atoms with van der Waals surface area (Å²) < 4.78 is 1.41. The Morgan fingerprint density at radius 1 is 1.40 bits per heavy atom. The molecule has 0 bridgehead atoms. The molecule has 1 aromatic heterocycles. The molecule has 1 aliphatic carbocycles. The van der Waals surface area contributed by atoms with Gasteiger partial charge in [0.2, 0.25) is 0 Å². The first kappa shape index (κ1) is 12.9. The molecule has 0 amide bonds. The Balaban J connectivity index is 1.70. The number of nitrogens with one attached hydrogen (secondary N) is 2. The molecule has 2 aliphatic rings. The van der Waals surface area contributed by atoms with E-state index in [-0.39, 0.29) is 5.56 Å². The van der Waals surface area contributed by atoms with E-state index in [2.05, 4.69) is 15.7 Å². The van der Waals surface area contributed by atoms with Crippen molar-refractivity contribution in [3.05, 3.63) is 46.7 Å². The van der Waals surface area contributed by atoms with Gasteiger partial charge in [0.15, 0.2) is 0 Å². The fourth-order valence-electron chi connectivity index (χ4n) is 2.67. The van der Waals surface area contributed by atoms with Gasteiger partial charge in [0.25, 0.3) is 5.56 Å². The third-order valence-electron chi connectivity index (χ3n) is 3.72. The normalized spacial score (nSPS) is 25.6. The Bertz CT molecular complexity index is 604. The summed E-state index contributed by atoms with van der Waals surface area (Å²) in [5.41, 5.74) is 6.63. The van der Waals surface area contributed by atoms with E-state index < -0.39 is 0 Å². The highest BCUT2D eigenvalue weighted by Gasteiger charge is 2.22. The fourth-order valence-corrected chi connectivity index (χ4v) is 2.67. The Morgan fingerprint density at radius 2 is 2.30 bits per heavy atom. The molecule has 0 saturated heterocycles. The van der Waals surface area contributed by atoms with E-state index in [9.17, 15) is 4.79 Å². The molecule has 0 spiro atoms. The van der Waals surface area contributed by atoms with Gasteiger partial charge in [-0.3, -0.25) is 4.79 Å². The van der Waals surface area contributed by atoms with Gasteiger partial charge in [-0.1, -0.05) is 0 Å². The zero-order chi connectivity index (χ0) is 13.9. The van der Waals surface area contributed by atoms with Crippen LogP contribution in [0.2, 0.25) is 0 Å². The minimum Gasteiger partial charge on any atom is -0.369 e. The van der Waals surface area contributed by atoms with Crippen LogP contribution in [0.1, 0.15) is 19.3 Å². The molecule has 4 N–H and O–H groups in total. The van der Waals surface area contributed by atoms with Gasteiger partial charge in [-0.2, -0.15) is 9.78 Å². The van der Waals surface area contributed by atoms with Crippen molar-refractivity contribution in [2.75, 3.05) is 6.54 Å². The summed E-state index contributed by atoms with van der Waals surface area (Å²) in [7, 11) is 0. The molecular formula is C14H19N5O. The van der Waals surface area contributed by atoms with Crippen LogP contribution in [0.25, 0.3) is 5.70 Å². The molecule has 20 heavy (non-hydrogen) atoms. The Morgan fingerprint density at radius 3 is 2.95 bits per heavy atom. The van der Waals surface area contributed by atoms with Crippen LogP contribution in [0.3, 0.4) is 0 Å². The number of dihydropyridines is 1. The van der Waals surface area contributed by atoms with Crippen LogP contribution in [0.5, 0.6) is 0 Å². The van der Waals surface area contributed by atoms with Crippen molar-refractivity contribution in [3.8, 4) is 0 Å². The summed E-state index contributed by atoms with van der Waals surface area (Å²) in [5.74, 6) is 0.983. The Labute approximate surface area is 117 Å². The summed E-state index contributed by atoms with van der Waals surface area (Å²) >= 11 is 0. The maximum absolute atomic E-state index is 11.7. The fraction of sp³-hybridized carbons (Fsp3) is 0.429. The van der Waals surface area contributed by atoms with Crippen LogP contribution < -0.4 is 21.9 Å². The predicted molar refractivity (Wildman–Crippen MR) is 77.6 cm³/mol.